The zero-order valence-corrected chi connectivity index (χ0v) is 14.6. The van der Waals surface area contributed by atoms with E-state index in [1.165, 1.54) is 0 Å². The minimum absolute atomic E-state index is 0.0101. The highest BCUT2D eigenvalue weighted by Gasteiger charge is 2.49. The molecular weight excluding hydrogens is 320 g/mol. The third kappa shape index (κ3) is 4.31. The van der Waals surface area contributed by atoms with Gasteiger partial charge in [0.25, 0.3) is 0 Å². The predicted molar refractivity (Wildman–Crippen MR) is 86.4 cm³/mol. The maximum Gasteiger partial charge on any atom is 0.408 e. The Hall–Kier alpha value is -1.44. The number of amides is 2. The van der Waals surface area contributed by atoms with Gasteiger partial charge >= 0.3 is 12.1 Å². The van der Waals surface area contributed by atoms with Gasteiger partial charge in [-0.3, -0.25) is 4.79 Å². The van der Waals surface area contributed by atoms with Crippen molar-refractivity contribution in [3.63, 3.8) is 0 Å². The molecule has 2 N–H and O–H groups in total. The van der Waals surface area contributed by atoms with Crippen molar-refractivity contribution < 1.29 is 24.2 Å². The number of rotatable bonds is 3. The van der Waals surface area contributed by atoms with Crippen LogP contribution >= 0.6 is 11.8 Å². The van der Waals surface area contributed by atoms with Gasteiger partial charge in [0.1, 0.15) is 5.60 Å². The largest absolute Gasteiger partial charge is 0.479 e. The summed E-state index contributed by atoms with van der Waals surface area (Å²) in [6, 6.07) is 0. The average Bonchev–Trinajstić information content (AvgIpc) is 3.05. The molecule has 0 aromatic heterocycles. The SMILES string of the molecule is CC(C)(C)OC(=O)NC1(C(=O)O)CCN(C(=O)C2CCSC2)C1. The normalized spacial score (nSPS) is 27.8. The summed E-state index contributed by atoms with van der Waals surface area (Å²) in [7, 11) is 0. The van der Waals surface area contributed by atoms with Gasteiger partial charge in [0.15, 0.2) is 5.54 Å². The van der Waals surface area contributed by atoms with Crippen LogP contribution in [0, 0.1) is 5.92 Å². The number of thioether (sulfide) groups is 1. The van der Waals surface area contributed by atoms with Crippen LogP contribution in [0.2, 0.25) is 0 Å². The number of nitrogens with one attached hydrogen (secondary N) is 1. The number of carboxylic acid groups (broad SMARTS) is 1. The van der Waals surface area contributed by atoms with Gasteiger partial charge < -0.3 is 20.1 Å². The molecule has 2 fully saturated rings. The van der Waals surface area contributed by atoms with Gasteiger partial charge in [0, 0.05) is 24.6 Å². The Kier molecular flexibility index (Phi) is 5.13. The van der Waals surface area contributed by atoms with Crippen LogP contribution in [-0.2, 0) is 14.3 Å². The number of carboxylic acids is 1. The molecule has 23 heavy (non-hydrogen) atoms. The Labute approximate surface area is 140 Å². The molecule has 0 aliphatic carbocycles. The highest BCUT2D eigenvalue weighted by Crippen LogP contribution is 2.29. The molecule has 2 saturated heterocycles. The fourth-order valence-corrected chi connectivity index (χ4v) is 4.03. The molecule has 2 aliphatic heterocycles. The fourth-order valence-electron chi connectivity index (χ4n) is 2.81. The first-order valence-electron chi connectivity index (χ1n) is 7.74. The zero-order valence-electron chi connectivity index (χ0n) is 13.8. The summed E-state index contributed by atoms with van der Waals surface area (Å²) >= 11 is 1.74. The summed E-state index contributed by atoms with van der Waals surface area (Å²) in [6.07, 6.45) is 0.248. The molecular formula is C15H24N2O5S. The van der Waals surface area contributed by atoms with E-state index in [0.717, 1.165) is 17.9 Å². The van der Waals surface area contributed by atoms with Crippen molar-refractivity contribution in [1.29, 1.82) is 0 Å². The molecule has 2 aliphatic rings. The highest BCUT2D eigenvalue weighted by molar-refractivity contribution is 7.99. The number of carbonyl (C=O) groups is 3. The number of hydrogen-bond donors (Lipinski definition) is 2. The lowest BCUT2D eigenvalue weighted by Crippen LogP contribution is -2.57. The lowest BCUT2D eigenvalue weighted by Gasteiger charge is -2.28. The van der Waals surface area contributed by atoms with E-state index < -0.39 is 23.2 Å². The molecule has 0 spiro atoms. The summed E-state index contributed by atoms with van der Waals surface area (Å²) in [5, 5.41) is 12.0. The lowest BCUT2D eigenvalue weighted by atomic mass is 9.99. The zero-order chi connectivity index (χ0) is 17.3. The Balaban J connectivity index is 2.03. The van der Waals surface area contributed by atoms with Gasteiger partial charge in [-0.15, -0.1) is 0 Å². The number of nitrogens with zero attached hydrogens (tertiary/aromatic N) is 1. The first kappa shape index (κ1) is 17.9. The van der Waals surface area contributed by atoms with E-state index >= 15 is 0 Å². The van der Waals surface area contributed by atoms with Gasteiger partial charge in [-0.05, 0) is 32.9 Å². The van der Waals surface area contributed by atoms with E-state index in [0.29, 0.717) is 6.54 Å². The second-order valence-electron chi connectivity index (χ2n) is 7.08. The van der Waals surface area contributed by atoms with Crippen LogP contribution in [0.15, 0.2) is 0 Å². The van der Waals surface area contributed by atoms with E-state index in [4.69, 9.17) is 4.74 Å². The third-order valence-electron chi connectivity index (χ3n) is 4.01. The van der Waals surface area contributed by atoms with Gasteiger partial charge in [-0.1, -0.05) is 0 Å². The number of aliphatic carboxylic acids is 1. The van der Waals surface area contributed by atoms with Gasteiger partial charge in [-0.2, -0.15) is 11.8 Å². The molecule has 2 amide bonds. The highest BCUT2D eigenvalue weighted by atomic mass is 32.2. The molecule has 0 aromatic carbocycles. The van der Waals surface area contributed by atoms with Crippen LogP contribution in [0.25, 0.3) is 0 Å². The van der Waals surface area contributed by atoms with E-state index in [1.54, 1.807) is 37.4 Å². The van der Waals surface area contributed by atoms with Crippen LogP contribution in [-0.4, -0.2) is 63.7 Å². The van der Waals surface area contributed by atoms with Gasteiger partial charge in [-0.25, -0.2) is 9.59 Å². The molecule has 7 nitrogen and oxygen atoms in total. The second-order valence-corrected chi connectivity index (χ2v) is 8.23. The molecule has 2 rings (SSSR count). The minimum atomic E-state index is -1.47. The number of ether oxygens (including phenoxy) is 1. The maximum absolute atomic E-state index is 12.4. The monoisotopic (exact) mass is 344 g/mol. The minimum Gasteiger partial charge on any atom is -0.479 e. The van der Waals surface area contributed by atoms with E-state index in [-0.39, 0.29) is 24.8 Å². The molecule has 8 heteroatoms. The van der Waals surface area contributed by atoms with Gasteiger partial charge in [0.05, 0.1) is 6.54 Å². The van der Waals surface area contributed by atoms with Crippen molar-refractivity contribution in [3.05, 3.63) is 0 Å². The Bertz CT molecular complexity index is 499. The smallest absolute Gasteiger partial charge is 0.408 e. The molecule has 130 valence electrons. The van der Waals surface area contributed by atoms with Crippen LogP contribution in [0.3, 0.4) is 0 Å². The van der Waals surface area contributed by atoms with E-state index in [2.05, 4.69) is 5.32 Å². The van der Waals surface area contributed by atoms with Crippen molar-refractivity contribution >= 4 is 29.7 Å². The summed E-state index contributed by atoms with van der Waals surface area (Å²) in [4.78, 5) is 37.7. The van der Waals surface area contributed by atoms with E-state index in [1.807, 2.05) is 0 Å². The fraction of sp³-hybridized carbons (Fsp3) is 0.800. The van der Waals surface area contributed by atoms with Crippen molar-refractivity contribution in [2.45, 2.75) is 44.8 Å². The van der Waals surface area contributed by atoms with Crippen LogP contribution in [0.4, 0.5) is 4.79 Å². The quantitative estimate of drug-likeness (QED) is 0.802. The molecule has 0 radical (unpaired) electrons. The standard InChI is InChI=1S/C15H24N2O5S/c1-14(2,3)22-13(21)16-15(12(19)20)5-6-17(9-15)11(18)10-4-7-23-8-10/h10H,4-9H2,1-3H3,(H,16,21)(H,19,20). The third-order valence-corrected chi connectivity index (χ3v) is 5.17. The number of hydrogen-bond acceptors (Lipinski definition) is 5. The topological polar surface area (TPSA) is 95.9 Å². The molecule has 0 bridgehead atoms. The predicted octanol–water partition coefficient (Wildman–Crippen LogP) is 1.32. The van der Waals surface area contributed by atoms with Crippen LogP contribution in [0.5, 0.6) is 0 Å². The summed E-state index contributed by atoms with van der Waals surface area (Å²) in [5.41, 5.74) is -2.18. The number of alkyl carbamates (subject to hydrolysis) is 1. The number of likely N-dealkylation sites (tertiary alicyclic amines) is 1. The molecule has 2 heterocycles. The molecule has 0 aromatic rings. The first-order chi connectivity index (χ1) is 10.6. The summed E-state index contributed by atoms with van der Waals surface area (Å²) in [5.74, 6) is 0.564. The first-order valence-corrected chi connectivity index (χ1v) is 8.89. The lowest BCUT2D eigenvalue weighted by molar-refractivity contribution is -0.144. The summed E-state index contributed by atoms with van der Waals surface area (Å²) in [6.45, 7) is 5.45. The number of carbonyl (C=O) groups excluding carboxylic acids is 2. The van der Waals surface area contributed by atoms with Crippen LogP contribution in [0.1, 0.15) is 33.6 Å². The molecule has 2 unspecified atom stereocenters. The summed E-state index contributed by atoms with van der Waals surface area (Å²) < 4.78 is 5.15. The van der Waals surface area contributed by atoms with Crippen molar-refractivity contribution in [2.75, 3.05) is 24.6 Å². The maximum atomic E-state index is 12.4. The van der Waals surface area contributed by atoms with Crippen molar-refractivity contribution in [3.8, 4) is 0 Å². The van der Waals surface area contributed by atoms with E-state index in [9.17, 15) is 19.5 Å². The van der Waals surface area contributed by atoms with Crippen molar-refractivity contribution in [1.82, 2.24) is 10.2 Å². The Morgan fingerprint density at radius 3 is 2.57 bits per heavy atom. The average molecular weight is 344 g/mol. The Morgan fingerprint density at radius 2 is 2.04 bits per heavy atom. The van der Waals surface area contributed by atoms with Crippen molar-refractivity contribution in [2.24, 2.45) is 5.92 Å². The van der Waals surface area contributed by atoms with Crippen LogP contribution < -0.4 is 5.32 Å². The molecule has 2 atom stereocenters. The second kappa shape index (κ2) is 6.59. The Morgan fingerprint density at radius 1 is 1.35 bits per heavy atom. The molecule has 0 saturated carbocycles. The van der Waals surface area contributed by atoms with Gasteiger partial charge in [0.2, 0.25) is 5.91 Å².